The van der Waals surface area contributed by atoms with Crippen molar-refractivity contribution in [3.63, 3.8) is 0 Å². The van der Waals surface area contributed by atoms with Crippen LogP contribution in [0.4, 0.5) is 0 Å². The van der Waals surface area contributed by atoms with Crippen molar-refractivity contribution in [2.45, 2.75) is 25.9 Å². The molecule has 1 N–H and O–H groups in total. The molecule has 0 saturated carbocycles. The van der Waals surface area contributed by atoms with Gasteiger partial charge in [-0.05, 0) is 67.8 Å². The first-order chi connectivity index (χ1) is 11.1. The molecule has 8 heteroatoms. The number of nitrogens with one attached hydrogen (secondary N) is 1. The van der Waals surface area contributed by atoms with E-state index in [4.69, 9.17) is 4.42 Å². The predicted molar refractivity (Wildman–Crippen MR) is 91.5 cm³/mol. The molecule has 2 heterocycles. The molecule has 1 aliphatic rings. The van der Waals surface area contributed by atoms with Gasteiger partial charge in [-0.3, -0.25) is 4.79 Å². The predicted octanol–water partition coefficient (Wildman–Crippen LogP) is 2.58. The summed E-state index contributed by atoms with van der Waals surface area (Å²) in [7, 11) is 0. The smallest absolute Gasteiger partial charge is 0.251 e. The molecule has 23 heavy (non-hydrogen) atoms. The summed E-state index contributed by atoms with van der Waals surface area (Å²) in [6.45, 7) is 3.97. The van der Waals surface area contributed by atoms with Crippen molar-refractivity contribution in [2.24, 2.45) is 5.92 Å². The molecular formula is C15H16IN5O2. The highest BCUT2D eigenvalue weighted by Gasteiger charge is 2.27. The number of hydrogen-bond acceptors (Lipinski definition) is 5. The minimum absolute atomic E-state index is 0.0819. The molecular weight excluding hydrogens is 409 g/mol. The third-order valence-corrected chi connectivity index (χ3v) is 5.13. The molecule has 2 aromatic rings. The van der Waals surface area contributed by atoms with Crippen LogP contribution < -0.4 is 5.32 Å². The van der Waals surface area contributed by atoms with Gasteiger partial charge in [0, 0.05) is 11.5 Å². The van der Waals surface area contributed by atoms with Crippen molar-refractivity contribution in [1.29, 1.82) is 0 Å². The molecule has 3 unspecified atom stereocenters. The number of allylic oxidation sites excluding steroid dienone is 2. The van der Waals surface area contributed by atoms with Crippen molar-refractivity contribution in [2.75, 3.05) is 0 Å². The Morgan fingerprint density at radius 2 is 2.35 bits per heavy atom. The molecule has 7 nitrogen and oxygen atoms in total. The summed E-state index contributed by atoms with van der Waals surface area (Å²) in [6, 6.07) is 3.36. The number of tetrazole rings is 1. The number of nitrogens with zero attached hydrogens (tertiary/aromatic N) is 4. The lowest BCUT2D eigenvalue weighted by molar-refractivity contribution is -0.118. The van der Waals surface area contributed by atoms with Crippen LogP contribution in [0.25, 0.3) is 0 Å². The van der Waals surface area contributed by atoms with Gasteiger partial charge in [0.2, 0.25) is 0 Å². The fourth-order valence-electron chi connectivity index (χ4n) is 2.46. The van der Waals surface area contributed by atoms with E-state index in [1.807, 2.05) is 25.1 Å². The van der Waals surface area contributed by atoms with E-state index in [0.717, 1.165) is 9.34 Å². The SMILES string of the molecule is CC(NC(=O)C1=CC(n2cnnn2)C(C)C(I)=C1)c1ccco1. The quantitative estimate of drug-likeness (QED) is 0.762. The Bertz CT molecular complexity index is 736. The van der Waals surface area contributed by atoms with Crippen LogP contribution in [-0.4, -0.2) is 26.1 Å². The Kier molecular flexibility index (Phi) is 4.60. The lowest BCUT2D eigenvalue weighted by Gasteiger charge is -2.25. The molecule has 0 aliphatic heterocycles. The third-order valence-electron chi connectivity index (χ3n) is 3.84. The van der Waals surface area contributed by atoms with Gasteiger partial charge in [-0.2, -0.15) is 0 Å². The second-order valence-corrected chi connectivity index (χ2v) is 6.68. The van der Waals surface area contributed by atoms with Crippen LogP contribution in [0.3, 0.4) is 0 Å². The summed E-state index contributed by atoms with van der Waals surface area (Å²) in [5.41, 5.74) is 0.603. The van der Waals surface area contributed by atoms with Crippen LogP contribution in [-0.2, 0) is 4.79 Å². The van der Waals surface area contributed by atoms with Crippen LogP contribution >= 0.6 is 22.6 Å². The number of furan rings is 1. The van der Waals surface area contributed by atoms with E-state index in [-0.39, 0.29) is 23.9 Å². The molecule has 0 radical (unpaired) electrons. The second kappa shape index (κ2) is 6.65. The van der Waals surface area contributed by atoms with Crippen LogP contribution in [0.5, 0.6) is 0 Å². The summed E-state index contributed by atoms with van der Waals surface area (Å²) in [5.74, 6) is 0.782. The number of rotatable bonds is 4. The Morgan fingerprint density at radius 3 is 3.00 bits per heavy atom. The van der Waals surface area contributed by atoms with Gasteiger partial charge < -0.3 is 9.73 Å². The van der Waals surface area contributed by atoms with Gasteiger partial charge in [-0.1, -0.05) is 6.92 Å². The molecule has 1 amide bonds. The molecule has 2 aromatic heterocycles. The first-order valence-electron chi connectivity index (χ1n) is 7.22. The van der Waals surface area contributed by atoms with Crippen molar-refractivity contribution >= 4 is 28.5 Å². The Labute approximate surface area is 147 Å². The Morgan fingerprint density at radius 1 is 1.52 bits per heavy atom. The standard InChI is InChI=1S/C15H16IN5O2/c1-9-12(16)6-11(7-13(9)21-8-17-19-20-21)15(22)18-10(2)14-4-3-5-23-14/h3-10,13H,1-2H3,(H,18,22). The summed E-state index contributed by atoms with van der Waals surface area (Å²) in [6.07, 6.45) is 6.95. The zero-order chi connectivity index (χ0) is 16.4. The highest BCUT2D eigenvalue weighted by molar-refractivity contribution is 14.1. The Hall–Kier alpha value is -1.97. The molecule has 0 spiro atoms. The minimum atomic E-state index is -0.199. The van der Waals surface area contributed by atoms with Gasteiger partial charge >= 0.3 is 0 Å². The first kappa shape index (κ1) is 15.9. The fourth-order valence-corrected chi connectivity index (χ4v) is 3.16. The highest BCUT2D eigenvalue weighted by atomic mass is 127. The number of carbonyl (C=O) groups excluding carboxylic acids is 1. The number of amides is 1. The number of aromatic nitrogens is 4. The minimum Gasteiger partial charge on any atom is -0.467 e. The zero-order valence-electron chi connectivity index (χ0n) is 12.7. The van der Waals surface area contributed by atoms with Gasteiger partial charge in [0.15, 0.2) is 0 Å². The topological polar surface area (TPSA) is 85.8 Å². The molecule has 0 saturated heterocycles. The van der Waals surface area contributed by atoms with Crippen molar-refractivity contribution in [3.05, 3.63) is 51.8 Å². The molecule has 3 atom stereocenters. The van der Waals surface area contributed by atoms with Crippen LogP contribution in [0.15, 0.2) is 50.4 Å². The van der Waals surface area contributed by atoms with Crippen molar-refractivity contribution in [3.8, 4) is 0 Å². The number of carbonyl (C=O) groups is 1. The van der Waals surface area contributed by atoms with Gasteiger partial charge in [-0.25, -0.2) is 4.68 Å². The largest absolute Gasteiger partial charge is 0.467 e. The van der Waals surface area contributed by atoms with Crippen LogP contribution in [0.1, 0.15) is 31.7 Å². The molecule has 1 aliphatic carbocycles. The maximum absolute atomic E-state index is 12.5. The van der Waals surface area contributed by atoms with E-state index >= 15 is 0 Å². The average Bonchev–Trinajstić information content (AvgIpc) is 3.22. The monoisotopic (exact) mass is 425 g/mol. The second-order valence-electron chi connectivity index (χ2n) is 5.43. The highest BCUT2D eigenvalue weighted by Crippen LogP contribution is 2.35. The van der Waals surface area contributed by atoms with Gasteiger partial charge in [0.1, 0.15) is 12.1 Å². The van der Waals surface area contributed by atoms with E-state index < -0.39 is 0 Å². The van der Waals surface area contributed by atoms with E-state index in [1.54, 1.807) is 23.3 Å². The lowest BCUT2D eigenvalue weighted by atomic mass is 9.93. The van der Waals surface area contributed by atoms with E-state index in [2.05, 4.69) is 50.4 Å². The van der Waals surface area contributed by atoms with E-state index in [0.29, 0.717) is 5.57 Å². The normalized spacial score (nSPS) is 22.2. The summed E-state index contributed by atoms with van der Waals surface area (Å²) < 4.78 is 8.07. The van der Waals surface area contributed by atoms with Gasteiger partial charge in [-0.15, -0.1) is 5.10 Å². The van der Waals surface area contributed by atoms with Crippen LogP contribution in [0.2, 0.25) is 0 Å². The molecule has 3 rings (SSSR count). The summed E-state index contributed by atoms with van der Waals surface area (Å²) >= 11 is 2.26. The number of halogens is 1. The lowest BCUT2D eigenvalue weighted by Crippen LogP contribution is -2.30. The van der Waals surface area contributed by atoms with E-state index in [9.17, 15) is 4.79 Å². The van der Waals surface area contributed by atoms with Crippen molar-refractivity contribution in [1.82, 2.24) is 25.5 Å². The average molecular weight is 425 g/mol. The summed E-state index contributed by atoms with van der Waals surface area (Å²) in [4.78, 5) is 12.5. The Balaban J connectivity index is 1.80. The van der Waals surface area contributed by atoms with Crippen LogP contribution in [0, 0.1) is 5.92 Å². The molecule has 0 aromatic carbocycles. The number of hydrogen-bond donors (Lipinski definition) is 1. The summed E-state index contributed by atoms with van der Waals surface area (Å²) in [5, 5.41) is 14.3. The maximum atomic E-state index is 12.5. The molecule has 0 bridgehead atoms. The first-order valence-corrected chi connectivity index (χ1v) is 8.30. The van der Waals surface area contributed by atoms with Gasteiger partial charge in [0.25, 0.3) is 5.91 Å². The van der Waals surface area contributed by atoms with E-state index in [1.165, 1.54) is 0 Å². The van der Waals surface area contributed by atoms with Gasteiger partial charge in [0.05, 0.1) is 18.3 Å². The van der Waals surface area contributed by atoms with Crippen molar-refractivity contribution < 1.29 is 9.21 Å². The molecule has 120 valence electrons. The zero-order valence-corrected chi connectivity index (χ0v) is 14.8. The maximum Gasteiger partial charge on any atom is 0.251 e. The molecule has 0 fully saturated rings. The fraction of sp³-hybridized carbons (Fsp3) is 0.333. The third kappa shape index (κ3) is 3.36.